The number of hydrogen-bond donors (Lipinski definition) is 1. The summed E-state index contributed by atoms with van der Waals surface area (Å²) in [5.74, 6) is 1.90. The van der Waals surface area contributed by atoms with Crippen molar-refractivity contribution in [1.82, 2.24) is 24.2 Å². The minimum absolute atomic E-state index is 0.0175. The Bertz CT molecular complexity index is 2040. The van der Waals surface area contributed by atoms with Gasteiger partial charge < -0.3 is 33.3 Å². The van der Waals surface area contributed by atoms with Crippen LogP contribution in [0.5, 0.6) is 11.5 Å². The first-order chi connectivity index (χ1) is 28.0. The van der Waals surface area contributed by atoms with Gasteiger partial charge in [-0.2, -0.15) is 5.26 Å². The molecule has 0 bridgehead atoms. The van der Waals surface area contributed by atoms with E-state index in [0.29, 0.717) is 28.5 Å². The second-order valence-electron chi connectivity index (χ2n) is 14.8. The number of rotatable bonds is 19. The minimum Gasteiger partial charge on any atom is -0.497 e. The molecule has 6 rings (SSSR count). The van der Waals surface area contributed by atoms with E-state index in [0.717, 1.165) is 16.7 Å². The molecule has 2 aromatic heterocycles. The summed E-state index contributed by atoms with van der Waals surface area (Å²) in [6, 6.07) is 27.5. The zero-order valence-electron chi connectivity index (χ0n) is 34.3. The van der Waals surface area contributed by atoms with Gasteiger partial charge in [0.05, 0.1) is 46.3 Å². The van der Waals surface area contributed by atoms with Gasteiger partial charge in [-0.25, -0.2) is 24.0 Å². The lowest BCUT2D eigenvalue weighted by Crippen LogP contribution is -2.41. The first-order valence-electron chi connectivity index (χ1n) is 19.5. The van der Waals surface area contributed by atoms with Crippen LogP contribution in [-0.4, -0.2) is 88.1 Å². The van der Waals surface area contributed by atoms with Crippen molar-refractivity contribution in [3.05, 3.63) is 108 Å². The Morgan fingerprint density at radius 2 is 1.48 bits per heavy atom. The van der Waals surface area contributed by atoms with Gasteiger partial charge in [0.25, 0.3) is 8.53 Å². The Morgan fingerprint density at radius 3 is 2.03 bits per heavy atom. The molecule has 0 radical (unpaired) electrons. The number of imidazole rings is 1. The molecule has 1 fully saturated rings. The molecule has 15 heteroatoms. The number of fused-ring (bicyclic) bond motifs is 1. The maximum absolute atomic E-state index is 17.5. The highest BCUT2D eigenvalue weighted by atomic mass is 31.2. The Morgan fingerprint density at radius 1 is 0.879 bits per heavy atom. The van der Waals surface area contributed by atoms with E-state index in [9.17, 15) is 5.26 Å². The van der Waals surface area contributed by atoms with E-state index in [2.05, 4.69) is 31.0 Å². The van der Waals surface area contributed by atoms with E-state index >= 15 is 4.39 Å². The molecule has 0 saturated carbocycles. The summed E-state index contributed by atoms with van der Waals surface area (Å²) in [5, 5.41) is 12.7. The van der Waals surface area contributed by atoms with Gasteiger partial charge in [-0.05, 0) is 82.5 Å². The second kappa shape index (κ2) is 19.3. The van der Waals surface area contributed by atoms with Gasteiger partial charge in [0.15, 0.2) is 29.4 Å². The van der Waals surface area contributed by atoms with Crippen molar-refractivity contribution in [3.63, 3.8) is 0 Å². The predicted molar refractivity (Wildman–Crippen MR) is 221 cm³/mol. The van der Waals surface area contributed by atoms with Crippen LogP contribution in [0.4, 0.5) is 10.2 Å². The fourth-order valence-corrected chi connectivity index (χ4v) is 9.04. The van der Waals surface area contributed by atoms with Crippen molar-refractivity contribution in [2.45, 2.75) is 96.3 Å². The van der Waals surface area contributed by atoms with Crippen molar-refractivity contribution in [1.29, 1.82) is 5.26 Å². The average Bonchev–Trinajstić information content (AvgIpc) is 3.79. The summed E-state index contributed by atoms with van der Waals surface area (Å²) in [5.41, 5.74) is 2.14. The van der Waals surface area contributed by atoms with Crippen LogP contribution in [0, 0.1) is 11.3 Å². The van der Waals surface area contributed by atoms with E-state index in [1.807, 2.05) is 120 Å². The Hall–Kier alpha value is -4.74. The summed E-state index contributed by atoms with van der Waals surface area (Å²) in [7, 11) is 1.37. The number of aromatic nitrogens is 4. The van der Waals surface area contributed by atoms with Gasteiger partial charge >= 0.3 is 0 Å². The quantitative estimate of drug-likeness (QED) is 0.0486. The topological polar surface area (TPSA) is 138 Å². The van der Waals surface area contributed by atoms with Crippen LogP contribution in [-0.2, 0) is 24.1 Å². The van der Waals surface area contributed by atoms with E-state index in [4.69, 9.17) is 28.0 Å². The number of nitrogens with zero attached hydrogens (tertiary/aromatic N) is 6. The molecular weight excluding hydrogens is 760 g/mol. The van der Waals surface area contributed by atoms with Crippen molar-refractivity contribution in [2.75, 3.05) is 32.8 Å². The fourth-order valence-electron chi connectivity index (χ4n) is 7.28. The Kier molecular flexibility index (Phi) is 14.3. The molecule has 3 heterocycles. The molecule has 3 unspecified atom stereocenters. The first kappa shape index (κ1) is 42.9. The van der Waals surface area contributed by atoms with Gasteiger partial charge in [0.1, 0.15) is 35.6 Å². The van der Waals surface area contributed by atoms with E-state index in [-0.39, 0.29) is 37.8 Å². The number of nitriles is 1. The highest BCUT2D eigenvalue weighted by Gasteiger charge is 2.51. The number of alkyl halides is 1. The Labute approximate surface area is 341 Å². The number of ether oxygens (including phenoxy) is 4. The zero-order chi connectivity index (χ0) is 41.4. The van der Waals surface area contributed by atoms with Crippen molar-refractivity contribution < 1.29 is 32.4 Å². The van der Waals surface area contributed by atoms with Gasteiger partial charge in [-0.3, -0.25) is 4.57 Å². The Balaban J connectivity index is 1.46. The largest absolute Gasteiger partial charge is 0.497 e. The molecule has 0 aliphatic carbocycles. The van der Waals surface area contributed by atoms with Crippen molar-refractivity contribution in [2.24, 2.45) is 0 Å². The number of anilines is 1. The summed E-state index contributed by atoms with van der Waals surface area (Å²) in [4.78, 5) is 13.5. The number of methoxy groups -OCH3 is 2. The number of hydrogen-bond acceptors (Lipinski definition) is 12. The summed E-state index contributed by atoms with van der Waals surface area (Å²) >= 11 is 0. The van der Waals surface area contributed by atoms with Crippen LogP contribution in [0.15, 0.2) is 91.5 Å². The summed E-state index contributed by atoms with van der Waals surface area (Å²) in [6.45, 7) is 12.1. The van der Waals surface area contributed by atoms with Crippen LogP contribution in [0.1, 0.15) is 70.9 Å². The highest BCUT2D eigenvalue weighted by Crippen LogP contribution is 2.51. The molecule has 5 aromatic rings. The second-order valence-corrected chi connectivity index (χ2v) is 16.2. The normalized spacial score (nSPS) is 19.0. The molecule has 1 aliphatic rings. The molecule has 1 saturated heterocycles. The van der Waals surface area contributed by atoms with Crippen LogP contribution in [0.25, 0.3) is 11.2 Å². The van der Waals surface area contributed by atoms with E-state index < -0.39 is 38.7 Å². The fraction of sp³-hybridized carbons (Fsp3) is 0.442. The minimum atomic E-state index is -1.87. The van der Waals surface area contributed by atoms with Gasteiger partial charge in [-0.1, -0.05) is 54.6 Å². The molecule has 3 aromatic carbocycles. The van der Waals surface area contributed by atoms with Crippen LogP contribution >= 0.6 is 8.53 Å². The molecule has 1 N–H and O–H groups in total. The van der Waals surface area contributed by atoms with E-state index in [1.165, 1.54) is 12.7 Å². The summed E-state index contributed by atoms with van der Waals surface area (Å²) < 4.78 is 59.3. The van der Waals surface area contributed by atoms with Crippen LogP contribution in [0.3, 0.4) is 0 Å². The third-order valence-corrected chi connectivity index (χ3v) is 12.0. The highest BCUT2D eigenvalue weighted by molar-refractivity contribution is 7.44. The van der Waals surface area contributed by atoms with Gasteiger partial charge in [-0.15, -0.1) is 0 Å². The SMILES string of the molecule is COc1ccc(C(OC[C@H]2O[C@@H](n3cnc4c(NC(C)C)ncnc43)C(F)C2OP(OCCC#N)N(C(C)C)C(C)C)(c2ccccc2)c2ccc(OC)cc2)cc1. The maximum atomic E-state index is 17.5. The molecule has 0 spiro atoms. The lowest BCUT2D eigenvalue weighted by atomic mass is 9.80. The molecule has 58 heavy (non-hydrogen) atoms. The van der Waals surface area contributed by atoms with Crippen LogP contribution < -0.4 is 14.8 Å². The standard InChI is InChI=1S/C43H53FN7O6P/c1-28(2)49-40-38-41(47-26-46-40)50(27-48-38)42-37(44)39(57-58(55-24-12-23-45)51(29(3)4)30(5)6)36(56-42)25-54-43(31-13-10-9-11-14-31,32-15-19-34(52-7)20-16-32)33-17-21-35(53-8)22-18-33/h9-11,13-22,26-30,36-37,39,42H,12,24-25H2,1-8H3,(H,46,47,49)/t36-,37?,39?,42-,58?/m1/s1. The predicted octanol–water partition coefficient (Wildman–Crippen LogP) is 8.57. The summed E-state index contributed by atoms with van der Waals surface area (Å²) in [6.07, 6.45) is -1.96. The van der Waals surface area contributed by atoms with E-state index in [1.54, 1.807) is 18.8 Å². The maximum Gasteiger partial charge on any atom is 0.259 e. The number of halogens is 1. The molecular formula is C43H53FN7O6P. The van der Waals surface area contributed by atoms with Crippen LogP contribution in [0.2, 0.25) is 0 Å². The lowest BCUT2D eigenvalue weighted by molar-refractivity contribution is -0.0919. The zero-order valence-corrected chi connectivity index (χ0v) is 35.2. The van der Waals surface area contributed by atoms with Gasteiger partial charge in [0.2, 0.25) is 0 Å². The smallest absolute Gasteiger partial charge is 0.259 e. The van der Waals surface area contributed by atoms with Crippen molar-refractivity contribution >= 4 is 25.5 Å². The third kappa shape index (κ3) is 9.10. The van der Waals surface area contributed by atoms with Gasteiger partial charge in [0, 0.05) is 18.1 Å². The monoisotopic (exact) mass is 813 g/mol. The molecule has 1 aliphatic heterocycles. The number of benzene rings is 3. The number of nitrogens with one attached hydrogen (secondary N) is 1. The molecule has 0 amide bonds. The third-order valence-electron chi connectivity index (χ3n) is 9.84. The average molecular weight is 814 g/mol. The molecule has 308 valence electrons. The lowest BCUT2D eigenvalue weighted by Gasteiger charge is -2.39. The van der Waals surface area contributed by atoms with Crippen molar-refractivity contribution in [3.8, 4) is 17.6 Å². The molecule has 5 atom stereocenters. The first-order valence-corrected chi connectivity index (χ1v) is 20.6. The molecule has 13 nitrogen and oxygen atoms in total.